The van der Waals surface area contributed by atoms with Crippen molar-refractivity contribution in [3.05, 3.63) is 11.6 Å². The average Bonchev–Trinajstić information content (AvgIpc) is 3.70. The highest BCUT2D eigenvalue weighted by Gasteiger charge is 2.34. The average molecular weight is 593 g/mol. The standard InChI is InChI=1S/C35H60O7/c1-3-4-5-6-7-8-9-10-11-14-17-31(37)33-21-22-34(42-33)32(38)18-15-12-13-16-28(36)25-30-20-19-29(41-30)24-27-23-26(2)40-35(27)39/h23,26,29-34,37-38H,3-22,24-25H2,1-2H3/t26-,29-,30-,31-,32-,33-,34-/m1/s1. The van der Waals surface area contributed by atoms with E-state index in [1.807, 2.05) is 13.0 Å². The van der Waals surface area contributed by atoms with Crippen molar-refractivity contribution in [3.8, 4) is 0 Å². The summed E-state index contributed by atoms with van der Waals surface area (Å²) < 4.78 is 17.3. The maximum atomic E-state index is 12.5. The number of aliphatic hydroxyl groups is 2. The highest BCUT2D eigenvalue weighted by molar-refractivity contribution is 5.90. The Kier molecular flexibility index (Phi) is 16.7. The number of esters is 1. The first kappa shape index (κ1) is 35.2. The molecule has 0 aromatic carbocycles. The van der Waals surface area contributed by atoms with Crippen LogP contribution < -0.4 is 0 Å². The first-order valence-electron chi connectivity index (χ1n) is 17.5. The number of ether oxygens (including phenoxy) is 3. The molecular weight excluding hydrogens is 532 g/mol. The Hall–Kier alpha value is -1.28. The smallest absolute Gasteiger partial charge is 0.334 e. The zero-order valence-corrected chi connectivity index (χ0v) is 26.6. The van der Waals surface area contributed by atoms with Gasteiger partial charge >= 0.3 is 5.97 Å². The van der Waals surface area contributed by atoms with Crippen molar-refractivity contribution in [2.45, 2.75) is 198 Å². The minimum atomic E-state index is -0.505. The van der Waals surface area contributed by atoms with Crippen LogP contribution in [-0.4, -0.2) is 64.7 Å². The van der Waals surface area contributed by atoms with Crippen molar-refractivity contribution in [1.82, 2.24) is 0 Å². The number of aliphatic hydroxyl groups excluding tert-OH is 2. The Morgan fingerprint density at radius 1 is 0.786 bits per heavy atom. The number of carbonyl (C=O) groups excluding carboxylic acids is 2. The van der Waals surface area contributed by atoms with Crippen LogP contribution in [0.5, 0.6) is 0 Å². The number of unbranched alkanes of at least 4 members (excludes halogenated alkanes) is 11. The maximum absolute atomic E-state index is 12.5. The van der Waals surface area contributed by atoms with E-state index in [-0.39, 0.29) is 42.3 Å². The van der Waals surface area contributed by atoms with Crippen LogP contribution in [-0.2, 0) is 23.8 Å². The lowest BCUT2D eigenvalue weighted by Gasteiger charge is -2.22. The van der Waals surface area contributed by atoms with Gasteiger partial charge in [0, 0.05) is 24.8 Å². The SMILES string of the molecule is CCCCCCCCCCCC[C@@H](O)[C@H]1CC[C@H]([C@H](O)CCCCCC(=O)C[C@H]2CC[C@H](CC3=C[C@@H](C)OC3=O)O2)O1. The molecule has 242 valence electrons. The largest absolute Gasteiger partial charge is 0.455 e. The molecule has 7 heteroatoms. The second-order valence-electron chi connectivity index (χ2n) is 13.2. The Morgan fingerprint density at radius 3 is 1.90 bits per heavy atom. The molecule has 0 saturated carbocycles. The predicted octanol–water partition coefficient (Wildman–Crippen LogP) is 7.29. The van der Waals surface area contributed by atoms with E-state index >= 15 is 0 Å². The Labute approximate surface area is 255 Å². The molecule has 0 aromatic rings. The lowest BCUT2D eigenvalue weighted by Crippen LogP contribution is -2.31. The minimum absolute atomic E-state index is 0.00776. The molecule has 7 nitrogen and oxygen atoms in total. The molecule has 2 fully saturated rings. The summed E-state index contributed by atoms with van der Waals surface area (Å²) in [5.41, 5.74) is 0.695. The lowest BCUT2D eigenvalue weighted by atomic mass is 9.99. The molecule has 2 saturated heterocycles. The minimum Gasteiger partial charge on any atom is -0.455 e. The summed E-state index contributed by atoms with van der Waals surface area (Å²) in [6, 6.07) is 0. The molecule has 2 N–H and O–H groups in total. The van der Waals surface area contributed by atoms with Crippen LogP contribution in [0.2, 0.25) is 0 Å². The van der Waals surface area contributed by atoms with Gasteiger partial charge in [0.15, 0.2) is 0 Å². The highest BCUT2D eigenvalue weighted by atomic mass is 16.5. The summed E-state index contributed by atoms with van der Waals surface area (Å²) in [6.45, 7) is 4.11. The molecule has 7 atom stereocenters. The van der Waals surface area contributed by atoms with Crippen molar-refractivity contribution in [1.29, 1.82) is 0 Å². The van der Waals surface area contributed by atoms with E-state index in [4.69, 9.17) is 14.2 Å². The van der Waals surface area contributed by atoms with E-state index in [1.54, 1.807) is 0 Å². The summed E-state index contributed by atoms with van der Waals surface area (Å²) in [4.78, 5) is 24.3. The number of rotatable bonds is 23. The number of carbonyl (C=O) groups is 2. The van der Waals surface area contributed by atoms with Gasteiger partial charge < -0.3 is 24.4 Å². The van der Waals surface area contributed by atoms with Gasteiger partial charge in [-0.05, 0) is 57.9 Å². The normalized spacial score (nSPS) is 27.3. The third kappa shape index (κ3) is 13.2. The van der Waals surface area contributed by atoms with Crippen LogP contribution in [0, 0.1) is 0 Å². The Morgan fingerprint density at radius 2 is 1.33 bits per heavy atom. The lowest BCUT2D eigenvalue weighted by molar-refractivity contribution is -0.139. The van der Waals surface area contributed by atoms with Crippen LogP contribution >= 0.6 is 0 Å². The van der Waals surface area contributed by atoms with E-state index in [2.05, 4.69) is 6.92 Å². The van der Waals surface area contributed by atoms with Gasteiger partial charge in [-0.3, -0.25) is 4.79 Å². The third-order valence-corrected chi connectivity index (χ3v) is 9.34. The van der Waals surface area contributed by atoms with E-state index in [1.165, 1.54) is 57.8 Å². The first-order chi connectivity index (χ1) is 20.4. The molecule has 0 spiro atoms. The van der Waals surface area contributed by atoms with E-state index in [9.17, 15) is 19.8 Å². The van der Waals surface area contributed by atoms with Gasteiger partial charge in [-0.1, -0.05) is 84.0 Å². The number of Topliss-reactive ketones (excluding diaryl/α,β-unsaturated/α-hetero) is 1. The fourth-order valence-corrected chi connectivity index (χ4v) is 6.78. The first-order valence-corrected chi connectivity index (χ1v) is 17.5. The van der Waals surface area contributed by atoms with Crippen LogP contribution in [0.15, 0.2) is 11.6 Å². The second kappa shape index (κ2) is 19.9. The summed E-state index contributed by atoms with van der Waals surface area (Å²) in [6.07, 6.45) is 22.2. The van der Waals surface area contributed by atoms with Gasteiger partial charge in [-0.25, -0.2) is 4.79 Å². The molecule has 0 aromatic heterocycles. The van der Waals surface area contributed by atoms with Gasteiger partial charge in [0.1, 0.15) is 11.9 Å². The van der Waals surface area contributed by atoms with Gasteiger partial charge in [0.05, 0.1) is 36.6 Å². The summed E-state index contributed by atoms with van der Waals surface area (Å²) in [7, 11) is 0. The molecule has 0 amide bonds. The zero-order valence-electron chi connectivity index (χ0n) is 26.6. The van der Waals surface area contributed by atoms with Gasteiger partial charge in [0.2, 0.25) is 0 Å². The van der Waals surface area contributed by atoms with Crippen molar-refractivity contribution < 1.29 is 34.0 Å². The van der Waals surface area contributed by atoms with Gasteiger partial charge in [0.25, 0.3) is 0 Å². The number of hydrogen-bond donors (Lipinski definition) is 2. The van der Waals surface area contributed by atoms with E-state index < -0.39 is 12.2 Å². The van der Waals surface area contributed by atoms with Gasteiger partial charge in [-0.2, -0.15) is 0 Å². The van der Waals surface area contributed by atoms with Crippen LogP contribution in [0.1, 0.15) is 155 Å². The monoisotopic (exact) mass is 592 g/mol. The molecule has 3 rings (SSSR count). The van der Waals surface area contributed by atoms with Crippen molar-refractivity contribution in [2.24, 2.45) is 0 Å². The Bertz CT molecular complexity index is 811. The number of cyclic esters (lactones) is 1. The molecule has 3 aliphatic rings. The maximum Gasteiger partial charge on any atom is 0.334 e. The summed E-state index contributed by atoms with van der Waals surface area (Å²) >= 11 is 0. The van der Waals surface area contributed by atoms with E-state index in [0.29, 0.717) is 31.3 Å². The van der Waals surface area contributed by atoms with Crippen LogP contribution in [0.25, 0.3) is 0 Å². The Balaban J connectivity index is 1.15. The molecule has 0 bridgehead atoms. The third-order valence-electron chi connectivity index (χ3n) is 9.34. The van der Waals surface area contributed by atoms with Crippen LogP contribution in [0.3, 0.4) is 0 Å². The van der Waals surface area contributed by atoms with Gasteiger partial charge in [-0.15, -0.1) is 0 Å². The fourth-order valence-electron chi connectivity index (χ4n) is 6.78. The number of hydrogen-bond acceptors (Lipinski definition) is 7. The fraction of sp³-hybridized carbons (Fsp3) is 0.886. The van der Waals surface area contributed by atoms with Crippen molar-refractivity contribution >= 4 is 11.8 Å². The highest BCUT2D eigenvalue weighted by Crippen LogP contribution is 2.30. The van der Waals surface area contributed by atoms with E-state index in [0.717, 1.165) is 57.8 Å². The van der Waals surface area contributed by atoms with Crippen molar-refractivity contribution in [3.63, 3.8) is 0 Å². The van der Waals surface area contributed by atoms with Crippen LogP contribution in [0.4, 0.5) is 0 Å². The quantitative estimate of drug-likeness (QED) is 0.0949. The summed E-state index contributed by atoms with van der Waals surface area (Å²) in [5.74, 6) is -0.0140. The molecular formula is C35H60O7. The molecule has 0 radical (unpaired) electrons. The topological polar surface area (TPSA) is 102 Å². The second-order valence-corrected chi connectivity index (χ2v) is 13.2. The molecule has 3 heterocycles. The molecule has 3 aliphatic heterocycles. The number of ketones is 1. The molecule has 0 aliphatic carbocycles. The molecule has 42 heavy (non-hydrogen) atoms. The zero-order chi connectivity index (χ0) is 30.2. The summed E-state index contributed by atoms with van der Waals surface area (Å²) in [5, 5.41) is 21.2. The predicted molar refractivity (Wildman–Crippen MR) is 165 cm³/mol. The van der Waals surface area contributed by atoms with Crippen molar-refractivity contribution in [2.75, 3.05) is 0 Å². The molecule has 0 unspecified atom stereocenters.